The second kappa shape index (κ2) is 5.47. The van der Waals surface area contributed by atoms with Gasteiger partial charge in [0.05, 0.1) is 17.5 Å². The van der Waals surface area contributed by atoms with E-state index < -0.39 is 5.95 Å². The van der Waals surface area contributed by atoms with Crippen LogP contribution in [0.3, 0.4) is 0 Å². The fourth-order valence-electron chi connectivity index (χ4n) is 2.48. The van der Waals surface area contributed by atoms with Crippen LogP contribution in [0.5, 0.6) is 0 Å². The summed E-state index contributed by atoms with van der Waals surface area (Å²) >= 11 is 0. The van der Waals surface area contributed by atoms with Crippen LogP contribution in [-0.4, -0.2) is 20.8 Å². The van der Waals surface area contributed by atoms with Crippen LogP contribution >= 0.6 is 0 Å². The van der Waals surface area contributed by atoms with Gasteiger partial charge in [-0.25, -0.2) is 4.98 Å². The molecule has 0 atom stereocenters. The number of hydrogen-bond acceptors (Lipinski definition) is 3. The van der Waals surface area contributed by atoms with Crippen molar-refractivity contribution in [2.45, 2.75) is 52.1 Å². The molecule has 112 valence electrons. The van der Waals surface area contributed by atoms with Crippen molar-refractivity contribution in [3.63, 3.8) is 0 Å². The maximum Gasteiger partial charge on any atom is 0.224 e. The van der Waals surface area contributed by atoms with Gasteiger partial charge in [0.15, 0.2) is 0 Å². The number of nitrogens with zero attached hydrogens (tertiary/aromatic N) is 3. The summed E-state index contributed by atoms with van der Waals surface area (Å²) in [6.45, 7) is 6.91. The van der Waals surface area contributed by atoms with Crippen molar-refractivity contribution in [2.75, 3.05) is 5.32 Å². The molecule has 1 aliphatic carbocycles. The zero-order valence-electron chi connectivity index (χ0n) is 12.7. The van der Waals surface area contributed by atoms with E-state index in [1.54, 1.807) is 0 Å². The fraction of sp³-hybridized carbons (Fsp3) is 0.500. The number of aryl methyl sites for hydroxylation is 1. The molecule has 0 aromatic carbocycles. The predicted molar refractivity (Wildman–Crippen MR) is 81.8 cm³/mol. The lowest BCUT2D eigenvalue weighted by Gasteiger charge is -2.12. The van der Waals surface area contributed by atoms with Gasteiger partial charge in [-0.15, -0.1) is 0 Å². The first-order valence-corrected chi connectivity index (χ1v) is 7.59. The van der Waals surface area contributed by atoms with Gasteiger partial charge in [-0.3, -0.25) is 4.68 Å². The Kier molecular flexibility index (Phi) is 3.66. The molecule has 0 bridgehead atoms. The lowest BCUT2D eigenvalue weighted by atomic mass is 10.0. The molecule has 0 amide bonds. The van der Waals surface area contributed by atoms with E-state index in [0.29, 0.717) is 29.9 Å². The second-order valence-corrected chi connectivity index (χ2v) is 5.87. The highest BCUT2D eigenvalue weighted by molar-refractivity contribution is 5.65. The number of anilines is 1. The second-order valence-electron chi connectivity index (χ2n) is 5.87. The van der Waals surface area contributed by atoms with Gasteiger partial charge in [-0.2, -0.15) is 9.49 Å². The third-order valence-electron chi connectivity index (χ3n) is 3.82. The fourth-order valence-corrected chi connectivity index (χ4v) is 2.48. The van der Waals surface area contributed by atoms with Gasteiger partial charge >= 0.3 is 0 Å². The van der Waals surface area contributed by atoms with Crippen LogP contribution < -0.4 is 5.32 Å². The molecule has 1 fully saturated rings. The Morgan fingerprint density at radius 1 is 1.38 bits per heavy atom. The minimum atomic E-state index is -0.433. The van der Waals surface area contributed by atoms with Crippen molar-refractivity contribution < 1.29 is 4.39 Å². The molecule has 21 heavy (non-hydrogen) atoms. The summed E-state index contributed by atoms with van der Waals surface area (Å²) in [5.74, 6) is 0.481. The van der Waals surface area contributed by atoms with E-state index in [2.05, 4.69) is 29.2 Å². The van der Waals surface area contributed by atoms with Crippen molar-refractivity contribution in [3.8, 4) is 11.3 Å². The summed E-state index contributed by atoms with van der Waals surface area (Å²) in [7, 11) is 0. The average molecular weight is 288 g/mol. The van der Waals surface area contributed by atoms with E-state index in [0.717, 1.165) is 24.1 Å². The van der Waals surface area contributed by atoms with Crippen molar-refractivity contribution >= 4 is 5.82 Å². The molecule has 2 heterocycles. The van der Waals surface area contributed by atoms with Crippen LogP contribution in [0.15, 0.2) is 18.3 Å². The van der Waals surface area contributed by atoms with Gasteiger partial charge in [0.25, 0.3) is 0 Å². The van der Waals surface area contributed by atoms with E-state index >= 15 is 0 Å². The highest BCUT2D eigenvalue weighted by Crippen LogP contribution is 2.32. The molecule has 0 spiro atoms. The molecule has 1 saturated carbocycles. The van der Waals surface area contributed by atoms with Crippen molar-refractivity contribution in [3.05, 3.63) is 29.8 Å². The molecule has 3 rings (SSSR count). The Balaban J connectivity index is 2.01. The summed E-state index contributed by atoms with van der Waals surface area (Å²) in [4.78, 5) is 4.07. The Labute approximate surface area is 124 Å². The van der Waals surface area contributed by atoms with Crippen LogP contribution in [-0.2, 0) is 6.54 Å². The van der Waals surface area contributed by atoms with Crippen LogP contribution in [0, 0.1) is 5.95 Å². The monoisotopic (exact) mass is 288 g/mol. The van der Waals surface area contributed by atoms with E-state index in [9.17, 15) is 4.39 Å². The molecule has 1 N–H and O–H groups in total. The molecule has 5 heteroatoms. The maximum atomic E-state index is 14.5. The first kappa shape index (κ1) is 14.0. The van der Waals surface area contributed by atoms with Gasteiger partial charge in [-0.05, 0) is 37.8 Å². The molecule has 0 saturated heterocycles. The van der Waals surface area contributed by atoms with E-state index in [-0.39, 0.29) is 0 Å². The SMILES string of the molecule is CCn1ncc(C(C)C)c1-c1ccc(NC2CC2)nc1F. The first-order valence-electron chi connectivity index (χ1n) is 7.59. The highest BCUT2D eigenvalue weighted by atomic mass is 19.1. The van der Waals surface area contributed by atoms with Gasteiger partial charge in [0.2, 0.25) is 5.95 Å². The van der Waals surface area contributed by atoms with Gasteiger partial charge in [0.1, 0.15) is 5.82 Å². The van der Waals surface area contributed by atoms with E-state index in [1.807, 2.05) is 29.9 Å². The first-order chi connectivity index (χ1) is 10.1. The summed E-state index contributed by atoms with van der Waals surface area (Å²) in [5, 5.41) is 7.58. The number of hydrogen-bond donors (Lipinski definition) is 1. The number of rotatable bonds is 5. The minimum absolute atomic E-state index is 0.295. The van der Waals surface area contributed by atoms with E-state index in [1.165, 1.54) is 0 Å². The highest BCUT2D eigenvalue weighted by Gasteiger charge is 2.23. The van der Waals surface area contributed by atoms with Crippen LogP contribution in [0.1, 0.15) is 45.1 Å². The average Bonchev–Trinajstić information content (AvgIpc) is 3.15. The number of nitrogens with one attached hydrogen (secondary N) is 1. The molecule has 4 nitrogen and oxygen atoms in total. The van der Waals surface area contributed by atoms with E-state index in [4.69, 9.17) is 0 Å². The Hall–Kier alpha value is -1.91. The molecule has 0 radical (unpaired) electrons. The lowest BCUT2D eigenvalue weighted by molar-refractivity contribution is 0.583. The zero-order chi connectivity index (χ0) is 15.0. The normalized spacial score (nSPS) is 14.7. The smallest absolute Gasteiger partial charge is 0.224 e. The molecule has 0 unspecified atom stereocenters. The summed E-state index contributed by atoms with van der Waals surface area (Å²) in [6.07, 6.45) is 4.12. The van der Waals surface area contributed by atoms with Crippen molar-refractivity contribution in [1.29, 1.82) is 0 Å². The topological polar surface area (TPSA) is 42.7 Å². The van der Waals surface area contributed by atoms with Gasteiger partial charge < -0.3 is 5.32 Å². The van der Waals surface area contributed by atoms with Crippen LogP contribution in [0.25, 0.3) is 11.3 Å². The Bertz CT molecular complexity index is 644. The summed E-state index contributed by atoms with van der Waals surface area (Å²) in [6, 6.07) is 4.13. The predicted octanol–water partition coefficient (Wildman–Crippen LogP) is 3.80. The van der Waals surface area contributed by atoms with Crippen LogP contribution in [0.4, 0.5) is 10.2 Å². The summed E-state index contributed by atoms with van der Waals surface area (Å²) < 4.78 is 16.3. The summed E-state index contributed by atoms with van der Waals surface area (Å²) in [5.41, 5.74) is 2.43. The third-order valence-corrected chi connectivity index (χ3v) is 3.82. The molecule has 2 aromatic rings. The molecule has 2 aromatic heterocycles. The largest absolute Gasteiger partial charge is 0.367 e. The Morgan fingerprint density at radius 3 is 2.71 bits per heavy atom. The maximum absolute atomic E-state index is 14.5. The molecule has 1 aliphatic rings. The number of pyridine rings is 1. The quantitative estimate of drug-likeness (QED) is 0.851. The molecular weight excluding hydrogens is 267 g/mol. The van der Waals surface area contributed by atoms with Gasteiger partial charge in [0, 0.05) is 18.2 Å². The van der Waals surface area contributed by atoms with Crippen molar-refractivity contribution in [2.24, 2.45) is 0 Å². The van der Waals surface area contributed by atoms with Crippen molar-refractivity contribution in [1.82, 2.24) is 14.8 Å². The number of halogens is 1. The molecule has 0 aliphatic heterocycles. The minimum Gasteiger partial charge on any atom is -0.367 e. The zero-order valence-corrected chi connectivity index (χ0v) is 12.7. The molecular formula is C16H21FN4. The lowest BCUT2D eigenvalue weighted by Crippen LogP contribution is -2.07. The number of aromatic nitrogens is 3. The Morgan fingerprint density at radius 2 is 2.14 bits per heavy atom. The standard InChI is InChI=1S/C16H21FN4/c1-4-21-15(13(9-18-21)10(2)3)12-7-8-14(20-16(12)17)19-11-5-6-11/h7-11H,4-6H2,1-3H3,(H,19,20). The third kappa shape index (κ3) is 2.77. The van der Waals surface area contributed by atoms with Gasteiger partial charge in [-0.1, -0.05) is 13.8 Å². The van der Waals surface area contributed by atoms with Crippen LogP contribution in [0.2, 0.25) is 0 Å².